The summed E-state index contributed by atoms with van der Waals surface area (Å²) < 4.78 is 2.21. The van der Waals surface area contributed by atoms with E-state index in [0.717, 1.165) is 11.6 Å². The van der Waals surface area contributed by atoms with Gasteiger partial charge >= 0.3 is 0 Å². The van der Waals surface area contributed by atoms with Crippen molar-refractivity contribution in [3.63, 3.8) is 0 Å². The van der Waals surface area contributed by atoms with Crippen LogP contribution in [0.3, 0.4) is 0 Å². The number of halogens is 1. The van der Waals surface area contributed by atoms with Crippen LogP contribution in [-0.4, -0.2) is 11.6 Å². The molecule has 1 atom stereocenters. The van der Waals surface area contributed by atoms with Crippen LogP contribution in [0.5, 0.6) is 0 Å². The van der Waals surface area contributed by atoms with Crippen LogP contribution in [0.1, 0.15) is 31.0 Å². The molecule has 1 aromatic carbocycles. The summed E-state index contributed by atoms with van der Waals surface area (Å²) in [5.74, 6) is 0.580. The summed E-state index contributed by atoms with van der Waals surface area (Å²) in [6.07, 6.45) is 4.35. The highest BCUT2D eigenvalue weighted by molar-refractivity contribution is 6.30. The Balaban J connectivity index is 2.10. The van der Waals surface area contributed by atoms with Crippen molar-refractivity contribution in [2.75, 3.05) is 7.05 Å². The van der Waals surface area contributed by atoms with Gasteiger partial charge in [-0.05, 0) is 42.3 Å². The molecule has 2 aromatic rings. The predicted octanol–water partition coefficient (Wildman–Crippen LogP) is 4.11. The Morgan fingerprint density at radius 1 is 1.16 bits per heavy atom. The molecule has 102 valence electrons. The van der Waals surface area contributed by atoms with Gasteiger partial charge in [0.1, 0.15) is 0 Å². The van der Waals surface area contributed by atoms with Gasteiger partial charge in [0, 0.05) is 30.0 Å². The molecule has 2 nitrogen and oxygen atoms in total. The van der Waals surface area contributed by atoms with E-state index in [-0.39, 0.29) is 0 Å². The third kappa shape index (κ3) is 3.62. The molecule has 0 aliphatic rings. The molecule has 2 rings (SSSR count). The van der Waals surface area contributed by atoms with E-state index in [4.69, 9.17) is 11.6 Å². The molecule has 0 aliphatic carbocycles. The highest BCUT2D eigenvalue weighted by atomic mass is 35.5. The molecular weight excluding hydrogens is 256 g/mol. The number of benzene rings is 1. The van der Waals surface area contributed by atoms with E-state index in [1.54, 1.807) is 0 Å². The SMILES string of the molecule is CNC(c1ccn(Cc2ccc(Cl)cc2)c1)C(C)C. The summed E-state index contributed by atoms with van der Waals surface area (Å²) in [5, 5.41) is 4.16. The van der Waals surface area contributed by atoms with Crippen molar-refractivity contribution in [1.82, 2.24) is 9.88 Å². The van der Waals surface area contributed by atoms with Crippen LogP contribution in [0.25, 0.3) is 0 Å². The molecule has 0 fully saturated rings. The largest absolute Gasteiger partial charge is 0.350 e. The van der Waals surface area contributed by atoms with E-state index in [2.05, 4.69) is 54.3 Å². The Hall–Kier alpha value is -1.25. The minimum absolute atomic E-state index is 0.409. The van der Waals surface area contributed by atoms with Crippen molar-refractivity contribution in [2.45, 2.75) is 26.4 Å². The molecule has 3 heteroatoms. The molecular formula is C16H21ClN2. The smallest absolute Gasteiger partial charge is 0.0470 e. The first-order valence-corrected chi connectivity index (χ1v) is 7.05. The summed E-state index contributed by atoms with van der Waals surface area (Å²) in [6, 6.07) is 10.6. The van der Waals surface area contributed by atoms with E-state index in [0.29, 0.717) is 12.0 Å². The van der Waals surface area contributed by atoms with Crippen molar-refractivity contribution >= 4 is 11.6 Å². The van der Waals surface area contributed by atoms with Gasteiger partial charge in [0.15, 0.2) is 0 Å². The van der Waals surface area contributed by atoms with Crippen molar-refractivity contribution in [3.05, 3.63) is 58.9 Å². The first-order chi connectivity index (χ1) is 9.10. The van der Waals surface area contributed by atoms with Gasteiger partial charge < -0.3 is 9.88 Å². The average Bonchev–Trinajstić information content (AvgIpc) is 2.81. The van der Waals surface area contributed by atoms with Crippen molar-refractivity contribution < 1.29 is 0 Å². The average molecular weight is 277 g/mol. The van der Waals surface area contributed by atoms with E-state index >= 15 is 0 Å². The summed E-state index contributed by atoms with van der Waals surface area (Å²) in [6.45, 7) is 5.35. The third-order valence-corrected chi connectivity index (χ3v) is 3.64. The van der Waals surface area contributed by atoms with Crippen molar-refractivity contribution in [2.24, 2.45) is 5.92 Å². The number of hydrogen-bond acceptors (Lipinski definition) is 1. The second-order valence-corrected chi connectivity index (χ2v) is 5.69. The Morgan fingerprint density at radius 3 is 2.42 bits per heavy atom. The fourth-order valence-corrected chi connectivity index (χ4v) is 2.55. The van der Waals surface area contributed by atoms with Crippen LogP contribution >= 0.6 is 11.6 Å². The summed E-state index contributed by atoms with van der Waals surface area (Å²) in [7, 11) is 2.02. The lowest BCUT2D eigenvalue weighted by atomic mass is 9.99. The molecule has 19 heavy (non-hydrogen) atoms. The summed E-state index contributed by atoms with van der Waals surface area (Å²) in [4.78, 5) is 0. The number of aromatic nitrogens is 1. The molecule has 1 unspecified atom stereocenters. The Bertz CT molecular complexity index is 514. The van der Waals surface area contributed by atoms with Crippen LogP contribution in [-0.2, 0) is 6.54 Å². The summed E-state index contributed by atoms with van der Waals surface area (Å²) >= 11 is 5.90. The minimum atomic E-state index is 0.409. The Kier molecular flexibility index (Phi) is 4.67. The minimum Gasteiger partial charge on any atom is -0.350 e. The van der Waals surface area contributed by atoms with Crippen molar-refractivity contribution in [1.29, 1.82) is 0 Å². The normalized spacial score (nSPS) is 12.9. The van der Waals surface area contributed by atoms with Crippen LogP contribution < -0.4 is 5.32 Å². The van der Waals surface area contributed by atoms with E-state index in [1.165, 1.54) is 11.1 Å². The lowest BCUT2D eigenvalue weighted by Gasteiger charge is -2.18. The molecule has 0 amide bonds. The van der Waals surface area contributed by atoms with Crippen molar-refractivity contribution in [3.8, 4) is 0 Å². The highest BCUT2D eigenvalue weighted by Crippen LogP contribution is 2.21. The fraction of sp³-hybridized carbons (Fsp3) is 0.375. The second kappa shape index (κ2) is 6.27. The first kappa shape index (κ1) is 14.2. The number of rotatable bonds is 5. The molecule has 0 saturated carbocycles. The second-order valence-electron chi connectivity index (χ2n) is 5.25. The van der Waals surface area contributed by atoms with Gasteiger partial charge in [0.05, 0.1) is 0 Å². The van der Waals surface area contributed by atoms with Gasteiger partial charge in [0.25, 0.3) is 0 Å². The van der Waals surface area contributed by atoms with E-state index in [9.17, 15) is 0 Å². The monoisotopic (exact) mass is 276 g/mol. The maximum atomic E-state index is 5.90. The zero-order valence-electron chi connectivity index (χ0n) is 11.7. The van der Waals surface area contributed by atoms with Crippen LogP contribution in [0.2, 0.25) is 5.02 Å². The van der Waals surface area contributed by atoms with Gasteiger partial charge in [0.2, 0.25) is 0 Å². The van der Waals surface area contributed by atoms with Gasteiger partial charge in [-0.15, -0.1) is 0 Å². The molecule has 0 bridgehead atoms. The number of nitrogens with one attached hydrogen (secondary N) is 1. The Labute approximate surface area is 120 Å². The van der Waals surface area contributed by atoms with E-state index in [1.807, 2.05) is 19.2 Å². The van der Waals surface area contributed by atoms with E-state index < -0.39 is 0 Å². The quantitative estimate of drug-likeness (QED) is 0.870. The molecule has 1 heterocycles. The zero-order valence-corrected chi connectivity index (χ0v) is 12.5. The topological polar surface area (TPSA) is 17.0 Å². The molecule has 1 aromatic heterocycles. The molecule has 0 aliphatic heterocycles. The van der Waals surface area contributed by atoms with Gasteiger partial charge in [-0.3, -0.25) is 0 Å². The maximum Gasteiger partial charge on any atom is 0.0470 e. The van der Waals surface area contributed by atoms with Crippen LogP contribution in [0, 0.1) is 5.92 Å². The summed E-state index contributed by atoms with van der Waals surface area (Å²) in [5.41, 5.74) is 2.60. The molecule has 0 saturated heterocycles. The van der Waals surface area contributed by atoms with Gasteiger partial charge in [-0.1, -0.05) is 37.6 Å². The Morgan fingerprint density at radius 2 is 1.84 bits per heavy atom. The predicted molar refractivity (Wildman–Crippen MR) is 81.6 cm³/mol. The first-order valence-electron chi connectivity index (χ1n) is 6.67. The lowest BCUT2D eigenvalue weighted by molar-refractivity contribution is 0.443. The number of nitrogens with zero attached hydrogens (tertiary/aromatic N) is 1. The maximum absolute atomic E-state index is 5.90. The lowest BCUT2D eigenvalue weighted by Crippen LogP contribution is -2.21. The number of hydrogen-bond donors (Lipinski definition) is 1. The highest BCUT2D eigenvalue weighted by Gasteiger charge is 2.14. The van der Waals surface area contributed by atoms with Gasteiger partial charge in [-0.25, -0.2) is 0 Å². The van der Waals surface area contributed by atoms with Gasteiger partial charge in [-0.2, -0.15) is 0 Å². The zero-order chi connectivity index (χ0) is 13.8. The standard InChI is InChI=1S/C16H21ClN2/c1-12(2)16(18-3)14-8-9-19(11-14)10-13-4-6-15(17)7-5-13/h4-9,11-12,16,18H,10H2,1-3H3. The molecule has 0 radical (unpaired) electrons. The third-order valence-electron chi connectivity index (χ3n) is 3.39. The fourth-order valence-electron chi connectivity index (χ4n) is 2.43. The molecule has 1 N–H and O–H groups in total. The van der Waals surface area contributed by atoms with Crippen LogP contribution in [0.15, 0.2) is 42.7 Å². The molecule has 0 spiro atoms. The van der Waals surface area contributed by atoms with Crippen LogP contribution in [0.4, 0.5) is 0 Å².